The smallest absolute Gasteiger partial charge is 0.240 e. The Morgan fingerprint density at radius 2 is 2.05 bits per heavy atom. The maximum Gasteiger partial charge on any atom is 0.240 e. The second-order valence-corrected chi connectivity index (χ2v) is 6.51. The molecule has 1 N–H and O–H groups in total. The van der Waals surface area contributed by atoms with Crippen LogP contribution in [0.1, 0.15) is 13.8 Å². The van der Waals surface area contributed by atoms with Crippen molar-refractivity contribution in [1.82, 2.24) is 5.32 Å². The third kappa shape index (κ3) is 4.73. The fourth-order valence-corrected chi connectivity index (χ4v) is 2.44. The highest BCUT2D eigenvalue weighted by Crippen LogP contribution is 2.23. The number of likely N-dealkylation sites (N-methyl/N-ethyl adjacent to an activating group) is 1. The second kappa shape index (κ2) is 6.60. The minimum atomic E-state index is -3.55. The van der Waals surface area contributed by atoms with Gasteiger partial charge in [-0.3, -0.25) is 9.10 Å². The van der Waals surface area contributed by atoms with E-state index in [4.69, 9.17) is 4.74 Å². The minimum Gasteiger partial charge on any atom is -0.491 e. The Morgan fingerprint density at radius 1 is 1.40 bits per heavy atom. The lowest BCUT2D eigenvalue weighted by Gasteiger charge is -2.22. The maximum absolute atomic E-state index is 11.8. The van der Waals surface area contributed by atoms with Crippen molar-refractivity contribution < 1.29 is 17.9 Å². The molecule has 0 saturated heterocycles. The van der Waals surface area contributed by atoms with Gasteiger partial charge in [-0.15, -0.1) is 0 Å². The van der Waals surface area contributed by atoms with E-state index in [1.54, 1.807) is 24.3 Å². The molecule has 1 aromatic carbocycles. The molecule has 0 aliphatic rings. The molecule has 0 unspecified atom stereocenters. The lowest BCUT2D eigenvalue weighted by molar-refractivity contribution is -0.119. The van der Waals surface area contributed by atoms with Gasteiger partial charge in [-0.1, -0.05) is 6.07 Å². The van der Waals surface area contributed by atoms with E-state index in [1.165, 1.54) is 7.05 Å². The number of hydrogen-bond acceptors (Lipinski definition) is 4. The summed E-state index contributed by atoms with van der Waals surface area (Å²) in [6, 6.07) is 6.65. The number of benzene rings is 1. The van der Waals surface area contributed by atoms with Crippen LogP contribution in [0.15, 0.2) is 24.3 Å². The number of nitrogens with one attached hydrogen (secondary N) is 1. The number of carbonyl (C=O) groups is 1. The van der Waals surface area contributed by atoms with Crippen molar-refractivity contribution in [2.24, 2.45) is 0 Å². The van der Waals surface area contributed by atoms with Crippen molar-refractivity contribution in [3.8, 4) is 5.75 Å². The average molecular weight is 300 g/mol. The normalized spacial score (nSPS) is 11.2. The molecule has 0 atom stereocenters. The predicted molar refractivity (Wildman–Crippen MR) is 78.5 cm³/mol. The van der Waals surface area contributed by atoms with Crippen LogP contribution >= 0.6 is 0 Å². The Balaban J connectivity index is 3.11. The molecule has 0 aromatic heterocycles. The summed E-state index contributed by atoms with van der Waals surface area (Å²) in [6.07, 6.45) is 1.04. The van der Waals surface area contributed by atoms with Gasteiger partial charge in [-0.2, -0.15) is 0 Å². The molecule has 0 aliphatic heterocycles. The molecular formula is C13H20N2O4S. The number of rotatable bonds is 6. The molecule has 0 radical (unpaired) electrons. The van der Waals surface area contributed by atoms with Crippen LogP contribution in [0.4, 0.5) is 5.69 Å². The third-order valence-corrected chi connectivity index (χ3v) is 3.58. The number of anilines is 1. The molecule has 0 spiro atoms. The summed E-state index contributed by atoms with van der Waals surface area (Å²) >= 11 is 0. The largest absolute Gasteiger partial charge is 0.491 e. The summed E-state index contributed by atoms with van der Waals surface area (Å²) in [5.74, 6) is 0.175. The van der Waals surface area contributed by atoms with E-state index in [-0.39, 0.29) is 18.6 Å². The number of sulfonamides is 1. The van der Waals surface area contributed by atoms with E-state index in [0.29, 0.717) is 11.4 Å². The molecule has 0 bridgehead atoms. The number of amides is 1. The SMILES string of the molecule is CNC(=O)CN(c1cccc(OC(C)C)c1)S(C)(=O)=O. The molecule has 1 amide bonds. The van der Waals surface area contributed by atoms with Gasteiger partial charge >= 0.3 is 0 Å². The van der Waals surface area contributed by atoms with Gasteiger partial charge in [0.05, 0.1) is 18.0 Å². The van der Waals surface area contributed by atoms with Crippen LogP contribution in [0.2, 0.25) is 0 Å². The van der Waals surface area contributed by atoms with Crippen LogP contribution in [0.25, 0.3) is 0 Å². The molecule has 0 aliphatic carbocycles. The third-order valence-electron chi connectivity index (χ3n) is 2.44. The zero-order valence-electron chi connectivity index (χ0n) is 12.1. The first kappa shape index (κ1) is 16.3. The van der Waals surface area contributed by atoms with Gasteiger partial charge in [-0.25, -0.2) is 8.42 Å². The Kier molecular flexibility index (Phi) is 5.38. The van der Waals surface area contributed by atoms with Gasteiger partial charge < -0.3 is 10.1 Å². The van der Waals surface area contributed by atoms with E-state index in [0.717, 1.165) is 10.6 Å². The summed E-state index contributed by atoms with van der Waals surface area (Å²) in [4.78, 5) is 11.5. The number of ether oxygens (including phenoxy) is 1. The molecule has 0 heterocycles. The lowest BCUT2D eigenvalue weighted by Crippen LogP contribution is -2.39. The van der Waals surface area contributed by atoms with Crippen LogP contribution in [-0.4, -0.2) is 40.3 Å². The maximum atomic E-state index is 11.8. The van der Waals surface area contributed by atoms with Gasteiger partial charge in [0.2, 0.25) is 15.9 Å². The fraction of sp³-hybridized carbons (Fsp3) is 0.462. The number of carbonyl (C=O) groups excluding carboxylic acids is 1. The van der Waals surface area contributed by atoms with Crippen LogP contribution in [0, 0.1) is 0 Å². The van der Waals surface area contributed by atoms with Gasteiger partial charge in [-0.05, 0) is 26.0 Å². The summed E-state index contributed by atoms with van der Waals surface area (Å²) < 4.78 is 30.2. The Hall–Kier alpha value is -1.76. The van der Waals surface area contributed by atoms with Gasteiger partial charge in [0.25, 0.3) is 0 Å². The molecule has 0 saturated carbocycles. The first-order valence-electron chi connectivity index (χ1n) is 6.19. The first-order chi connectivity index (χ1) is 9.24. The fourth-order valence-electron chi connectivity index (χ4n) is 1.59. The Labute approximate surface area is 119 Å². The van der Waals surface area contributed by atoms with Crippen molar-refractivity contribution in [1.29, 1.82) is 0 Å². The topological polar surface area (TPSA) is 75.7 Å². The number of hydrogen-bond donors (Lipinski definition) is 1. The predicted octanol–water partition coefficient (Wildman–Crippen LogP) is 0.986. The summed E-state index contributed by atoms with van der Waals surface area (Å²) in [5.41, 5.74) is 0.397. The average Bonchev–Trinajstić information content (AvgIpc) is 2.33. The van der Waals surface area contributed by atoms with Crippen LogP contribution in [0.5, 0.6) is 5.75 Å². The van der Waals surface area contributed by atoms with Crippen molar-refractivity contribution >= 4 is 21.6 Å². The van der Waals surface area contributed by atoms with Crippen molar-refractivity contribution in [3.63, 3.8) is 0 Å². The van der Waals surface area contributed by atoms with Crippen LogP contribution in [-0.2, 0) is 14.8 Å². The Morgan fingerprint density at radius 3 is 2.55 bits per heavy atom. The van der Waals surface area contributed by atoms with Gasteiger partial charge in [0.15, 0.2) is 0 Å². The molecule has 112 valence electrons. The van der Waals surface area contributed by atoms with E-state index >= 15 is 0 Å². The molecule has 7 heteroatoms. The van der Waals surface area contributed by atoms with Crippen molar-refractivity contribution in [2.45, 2.75) is 20.0 Å². The molecule has 1 rings (SSSR count). The zero-order valence-corrected chi connectivity index (χ0v) is 12.9. The van der Waals surface area contributed by atoms with E-state index < -0.39 is 10.0 Å². The standard InChI is InChI=1S/C13H20N2O4S/c1-10(2)19-12-7-5-6-11(8-12)15(20(4,17)18)9-13(16)14-3/h5-8,10H,9H2,1-4H3,(H,14,16). The molecule has 6 nitrogen and oxygen atoms in total. The lowest BCUT2D eigenvalue weighted by atomic mass is 10.3. The van der Waals surface area contributed by atoms with Crippen LogP contribution < -0.4 is 14.4 Å². The molecule has 20 heavy (non-hydrogen) atoms. The van der Waals surface area contributed by atoms with Crippen molar-refractivity contribution in [2.75, 3.05) is 24.2 Å². The van der Waals surface area contributed by atoms with E-state index in [1.807, 2.05) is 13.8 Å². The molecule has 1 aromatic rings. The van der Waals surface area contributed by atoms with E-state index in [9.17, 15) is 13.2 Å². The summed E-state index contributed by atoms with van der Waals surface area (Å²) in [7, 11) is -2.09. The first-order valence-corrected chi connectivity index (χ1v) is 8.04. The van der Waals surface area contributed by atoms with Crippen LogP contribution in [0.3, 0.4) is 0 Å². The monoisotopic (exact) mass is 300 g/mol. The molecular weight excluding hydrogens is 280 g/mol. The highest BCUT2D eigenvalue weighted by molar-refractivity contribution is 7.92. The molecule has 0 fully saturated rings. The highest BCUT2D eigenvalue weighted by Gasteiger charge is 2.20. The highest BCUT2D eigenvalue weighted by atomic mass is 32.2. The zero-order chi connectivity index (χ0) is 15.3. The number of nitrogens with zero attached hydrogens (tertiary/aromatic N) is 1. The minimum absolute atomic E-state index is 0.0177. The summed E-state index contributed by atoms with van der Waals surface area (Å²) in [5, 5.41) is 2.41. The quantitative estimate of drug-likeness (QED) is 0.850. The van der Waals surface area contributed by atoms with E-state index in [2.05, 4.69) is 5.32 Å². The second-order valence-electron chi connectivity index (χ2n) is 4.61. The van der Waals surface area contributed by atoms with Gasteiger partial charge in [0.1, 0.15) is 12.3 Å². The summed E-state index contributed by atoms with van der Waals surface area (Å²) in [6.45, 7) is 3.50. The van der Waals surface area contributed by atoms with Crippen molar-refractivity contribution in [3.05, 3.63) is 24.3 Å². The van der Waals surface area contributed by atoms with Gasteiger partial charge in [0, 0.05) is 13.1 Å². The Bertz CT molecular complexity index is 569.